The van der Waals surface area contributed by atoms with Gasteiger partial charge in [0.25, 0.3) is 5.56 Å². The number of benzene rings is 3. The van der Waals surface area contributed by atoms with Crippen molar-refractivity contribution < 1.29 is 0 Å². The van der Waals surface area contributed by atoms with E-state index in [0.29, 0.717) is 13.0 Å². The van der Waals surface area contributed by atoms with Crippen molar-refractivity contribution in [3.8, 4) is 0 Å². The van der Waals surface area contributed by atoms with Crippen molar-refractivity contribution in [1.82, 2.24) is 9.78 Å². The minimum Gasteiger partial charge on any atom is -0.267 e. The summed E-state index contributed by atoms with van der Waals surface area (Å²) in [6.07, 6.45) is 0.710. The predicted molar refractivity (Wildman–Crippen MR) is 98.4 cm³/mol. The first kappa shape index (κ1) is 14.6. The molecule has 4 aromatic rings. The van der Waals surface area contributed by atoms with Crippen molar-refractivity contribution in [3.05, 3.63) is 88.3 Å². The van der Waals surface area contributed by atoms with Crippen molar-refractivity contribution in [3.63, 3.8) is 0 Å². The fourth-order valence-corrected chi connectivity index (χ4v) is 3.28. The minimum atomic E-state index is -0.0187. The summed E-state index contributed by atoms with van der Waals surface area (Å²) >= 11 is 0. The van der Waals surface area contributed by atoms with Crippen LogP contribution in [0, 0.1) is 0 Å². The van der Waals surface area contributed by atoms with Gasteiger partial charge in [0.2, 0.25) is 0 Å². The van der Waals surface area contributed by atoms with E-state index in [4.69, 9.17) is 0 Å². The van der Waals surface area contributed by atoms with Crippen LogP contribution in [-0.2, 0) is 13.0 Å². The maximum atomic E-state index is 12.5. The van der Waals surface area contributed by atoms with E-state index in [2.05, 4.69) is 47.6 Å². The van der Waals surface area contributed by atoms with Crippen molar-refractivity contribution >= 4 is 21.5 Å². The lowest BCUT2D eigenvalue weighted by Crippen LogP contribution is -2.23. The molecule has 3 heteroatoms. The van der Waals surface area contributed by atoms with Crippen molar-refractivity contribution in [1.29, 1.82) is 0 Å². The van der Waals surface area contributed by atoms with Crippen LogP contribution >= 0.6 is 0 Å². The Morgan fingerprint density at radius 3 is 2.29 bits per heavy atom. The van der Waals surface area contributed by atoms with Crippen LogP contribution < -0.4 is 5.56 Å². The summed E-state index contributed by atoms with van der Waals surface area (Å²) in [5.41, 5.74) is 2.16. The molecule has 0 radical (unpaired) electrons. The Balaban J connectivity index is 1.94. The third-order valence-corrected chi connectivity index (χ3v) is 4.48. The van der Waals surface area contributed by atoms with Gasteiger partial charge in [-0.1, -0.05) is 60.7 Å². The first-order valence-corrected chi connectivity index (χ1v) is 8.23. The van der Waals surface area contributed by atoms with Crippen molar-refractivity contribution in [2.45, 2.75) is 19.9 Å². The fraction of sp³-hybridized carbons (Fsp3) is 0.143. The highest BCUT2D eigenvalue weighted by atomic mass is 16.1. The van der Waals surface area contributed by atoms with E-state index in [1.54, 1.807) is 4.68 Å². The highest BCUT2D eigenvalue weighted by molar-refractivity contribution is 5.88. The first-order valence-electron chi connectivity index (χ1n) is 8.23. The van der Waals surface area contributed by atoms with Gasteiger partial charge in [0.15, 0.2) is 0 Å². The van der Waals surface area contributed by atoms with Crippen LogP contribution in [0.5, 0.6) is 0 Å². The Morgan fingerprint density at radius 1 is 0.833 bits per heavy atom. The number of nitrogens with zero attached hydrogens (tertiary/aromatic N) is 2. The molecule has 3 aromatic carbocycles. The molecule has 24 heavy (non-hydrogen) atoms. The van der Waals surface area contributed by atoms with E-state index in [-0.39, 0.29) is 5.56 Å². The number of aryl methyl sites for hydroxylation is 1. The highest BCUT2D eigenvalue weighted by Crippen LogP contribution is 2.23. The molecule has 3 nitrogen and oxygen atoms in total. The van der Waals surface area contributed by atoms with Crippen LogP contribution in [-0.4, -0.2) is 9.78 Å². The average Bonchev–Trinajstić information content (AvgIpc) is 2.64. The van der Waals surface area contributed by atoms with Crippen LogP contribution in [0.3, 0.4) is 0 Å². The molecule has 0 spiro atoms. The molecule has 0 aliphatic carbocycles. The molecular weight excluding hydrogens is 296 g/mol. The Labute approximate surface area is 140 Å². The van der Waals surface area contributed by atoms with Crippen LogP contribution in [0.15, 0.2) is 71.5 Å². The van der Waals surface area contributed by atoms with E-state index in [9.17, 15) is 4.79 Å². The summed E-state index contributed by atoms with van der Waals surface area (Å²) in [5, 5.41) is 8.77. The topological polar surface area (TPSA) is 34.9 Å². The molecule has 0 amide bonds. The lowest BCUT2D eigenvalue weighted by atomic mass is 9.99. The SMILES string of the molecule is CCn1nc(Cc2cccc3ccccc23)c2ccccc2c1=O. The molecule has 0 fully saturated rings. The molecule has 0 unspecified atom stereocenters. The van der Waals surface area contributed by atoms with Crippen LogP contribution in [0.1, 0.15) is 18.2 Å². The van der Waals surface area contributed by atoms with Gasteiger partial charge in [0, 0.05) is 18.4 Å². The third-order valence-electron chi connectivity index (χ3n) is 4.48. The van der Waals surface area contributed by atoms with Crippen LogP contribution in [0.4, 0.5) is 0 Å². The zero-order chi connectivity index (χ0) is 16.5. The Bertz CT molecular complexity index is 1090. The lowest BCUT2D eigenvalue weighted by Gasteiger charge is -2.11. The zero-order valence-electron chi connectivity index (χ0n) is 13.6. The van der Waals surface area contributed by atoms with E-state index in [1.165, 1.54) is 16.3 Å². The lowest BCUT2D eigenvalue weighted by molar-refractivity contribution is 0.610. The van der Waals surface area contributed by atoms with E-state index >= 15 is 0 Å². The average molecular weight is 314 g/mol. The first-order chi connectivity index (χ1) is 11.8. The molecule has 0 aliphatic rings. The maximum Gasteiger partial charge on any atom is 0.274 e. The quantitative estimate of drug-likeness (QED) is 0.569. The van der Waals surface area contributed by atoms with Crippen molar-refractivity contribution in [2.75, 3.05) is 0 Å². The Hall–Kier alpha value is -2.94. The number of hydrogen-bond donors (Lipinski definition) is 0. The number of hydrogen-bond acceptors (Lipinski definition) is 2. The van der Waals surface area contributed by atoms with Gasteiger partial charge in [0.05, 0.1) is 11.1 Å². The highest BCUT2D eigenvalue weighted by Gasteiger charge is 2.11. The zero-order valence-corrected chi connectivity index (χ0v) is 13.6. The molecule has 118 valence electrons. The minimum absolute atomic E-state index is 0.0187. The van der Waals surface area contributed by atoms with Gasteiger partial charge < -0.3 is 0 Å². The van der Waals surface area contributed by atoms with Gasteiger partial charge in [-0.3, -0.25) is 4.79 Å². The summed E-state index contributed by atoms with van der Waals surface area (Å²) in [5.74, 6) is 0. The van der Waals surface area contributed by atoms with Crippen molar-refractivity contribution in [2.24, 2.45) is 0 Å². The molecule has 1 aromatic heterocycles. The Morgan fingerprint density at radius 2 is 1.50 bits per heavy atom. The van der Waals surface area contributed by atoms with Gasteiger partial charge in [-0.15, -0.1) is 0 Å². The second-order valence-electron chi connectivity index (χ2n) is 5.93. The summed E-state index contributed by atoms with van der Waals surface area (Å²) in [7, 11) is 0. The van der Waals surface area contributed by atoms with Gasteiger partial charge in [-0.25, -0.2) is 4.68 Å². The van der Waals surface area contributed by atoms with Crippen LogP contribution in [0.25, 0.3) is 21.5 Å². The molecular formula is C21H18N2O. The normalized spacial score (nSPS) is 11.2. The molecule has 0 saturated heterocycles. The molecule has 0 atom stereocenters. The molecule has 0 N–H and O–H groups in total. The number of fused-ring (bicyclic) bond motifs is 2. The standard InChI is InChI=1S/C21H18N2O/c1-2-23-21(24)19-13-6-5-12-18(19)20(22-23)14-16-10-7-9-15-8-3-4-11-17(15)16/h3-13H,2,14H2,1H3. The van der Waals surface area contributed by atoms with Gasteiger partial charge >= 0.3 is 0 Å². The molecule has 4 rings (SSSR count). The van der Waals surface area contributed by atoms with Gasteiger partial charge in [0.1, 0.15) is 0 Å². The summed E-state index contributed by atoms with van der Waals surface area (Å²) in [6.45, 7) is 2.52. The number of rotatable bonds is 3. The summed E-state index contributed by atoms with van der Waals surface area (Å²) < 4.78 is 1.56. The molecule has 0 aliphatic heterocycles. The smallest absolute Gasteiger partial charge is 0.267 e. The van der Waals surface area contributed by atoms with Crippen LogP contribution in [0.2, 0.25) is 0 Å². The van der Waals surface area contributed by atoms with E-state index in [1.807, 2.05) is 31.2 Å². The predicted octanol–water partition coefficient (Wildman–Crippen LogP) is 4.16. The van der Waals surface area contributed by atoms with E-state index in [0.717, 1.165) is 16.5 Å². The second kappa shape index (κ2) is 5.93. The van der Waals surface area contributed by atoms with E-state index < -0.39 is 0 Å². The van der Waals surface area contributed by atoms with Gasteiger partial charge in [-0.2, -0.15) is 5.10 Å². The molecule has 0 saturated carbocycles. The fourth-order valence-electron chi connectivity index (χ4n) is 3.28. The van der Waals surface area contributed by atoms with Gasteiger partial charge in [-0.05, 0) is 29.3 Å². The maximum absolute atomic E-state index is 12.5. The Kier molecular flexibility index (Phi) is 3.62. The summed E-state index contributed by atoms with van der Waals surface area (Å²) in [6, 6.07) is 22.5. The second-order valence-corrected chi connectivity index (χ2v) is 5.93. The largest absolute Gasteiger partial charge is 0.274 e. The molecule has 0 bridgehead atoms. The summed E-state index contributed by atoms with van der Waals surface area (Å²) in [4.78, 5) is 12.5. The third kappa shape index (κ3) is 2.38. The number of aromatic nitrogens is 2. The molecule has 1 heterocycles. The monoisotopic (exact) mass is 314 g/mol.